The Hall–Kier alpha value is -2.21. The van der Waals surface area contributed by atoms with E-state index < -0.39 is 0 Å². The maximum atomic E-state index is 5.55. The Bertz CT molecular complexity index is 490. The van der Waals surface area contributed by atoms with Crippen molar-refractivity contribution in [3.05, 3.63) is 29.8 Å². The first-order chi connectivity index (χ1) is 7.69. The van der Waals surface area contributed by atoms with Gasteiger partial charge in [0.05, 0.1) is 0 Å². The lowest BCUT2D eigenvalue weighted by Gasteiger charge is -2.03. The molecule has 16 heavy (non-hydrogen) atoms. The molecule has 82 valence electrons. The smallest absolute Gasteiger partial charge is 0.225 e. The summed E-state index contributed by atoms with van der Waals surface area (Å²) in [7, 11) is 0. The first kappa shape index (κ1) is 10.3. The predicted octanol–water partition coefficient (Wildman–Crippen LogP) is 0.162. The van der Waals surface area contributed by atoms with Gasteiger partial charge in [0.1, 0.15) is 0 Å². The maximum absolute atomic E-state index is 5.55. The van der Waals surface area contributed by atoms with Crippen LogP contribution in [0.4, 0.5) is 11.9 Å². The van der Waals surface area contributed by atoms with E-state index in [-0.39, 0.29) is 11.9 Å². The molecule has 0 aliphatic carbocycles. The first-order valence-corrected chi connectivity index (χ1v) is 4.75. The summed E-state index contributed by atoms with van der Waals surface area (Å²) in [5, 5.41) is 0. The lowest BCUT2D eigenvalue weighted by atomic mass is 10.1. The van der Waals surface area contributed by atoms with E-state index in [0.29, 0.717) is 12.4 Å². The molecule has 0 unspecified atom stereocenters. The summed E-state index contributed by atoms with van der Waals surface area (Å²) < 4.78 is 0. The quantitative estimate of drug-likeness (QED) is 0.658. The van der Waals surface area contributed by atoms with E-state index in [2.05, 4.69) is 15.0 Å². The minimum Gasteiger partial charge on any atom is -0.368 e. The number of aromatic nitrogens is 3. The van der Waals surface area contributed by atoms with Crippen molar-refractivity contribution in [2.75, 3.05) is 11.5 Å². The normalized spacial score (nSPS) is 10.3. The van der Waals surface area contributed by atoms with Crippen molar-refractivity contribution < 1.29 is 0 Å². The molecule has 0 aliphatic rings. The van der Waals surface area contributed by atoms with Crippen molar-refractivity contribution in [3.8, 4) is 11.4 Å². The Morgan fingerprint density at radius 2 is 1.69 bits per heavy atom. The van der Waals surface area contributed by atoms with Crippen LogP contribution < -0.4 is 17.2 Å². The molecule has 6 nitrogen and oxygen atoms in total. The van der Waals surface area contributed by atoms with Gasteiger partial charge in [-0.3, -0.25) is 0 Å². The highest BCUT2D eigenvalue weighted by Gasteiger charge is 2.05. The number of nitrogen functional groups attached to an aromatic ring is 2. The van der Waals surface area contributed by atoms with Crippen LogP contribution in [-0.4, -0.2) is 15.0 Å². The second-order valence-corrected chi connectivity index (χ2v) is 3.28. The van der Waals surface area contributed by atoms with Gasteiger partial charge in [0.15, 0.2) is 5.82 Å². The Morgan fingerprint density at radius 3 is 2.31 bits per heavy atom. The highest BCUT2D eigenvalue weighted by Crippen LogP contribution is 2.17. The number of hydrogen-bond acceptors (Lipinski definition) is 6. The summed E-state index contributed by atoms with van der Waals surface area (Å²) in [5.74, 6) is 0.682. The zero-order valence-electron chi connectivity index (χ0n) is 8.59. The molecular weight excluding hydrogens is 204 g/mol. The lowest BCUT2D eigenvalue weighted by Crippen LogP contribution is -2.04. The molecule has 0 spiro atoms. The molecule has 1 heterocycles. The molecule has 0 saturated heterocycles. The van der Waals surface area contributed by atoms with Crippen LogP contribution >= 0.6 is 0 Å². The molecule has 1 aromatic carbocycles. The van der Waals surface area contributed by atoms with Gasteiger partial charge in [-0.15, -0.1) is 0 Å². The van der Waals surface area contributed by atoms with E-state index in [1.807, 2.05) is 24.3 Å². The standard InChI is InChI=1S/C10H12N6/c11-5-6-2-1-3-7(4-6)8-14-9(12)16-10(13)15-8/h1-4H,5,11H2,(H4,12,13,14,15,16). The molecule has 0 radical (unpaired) electrons. The highest BCUT2D eigenvalue weighted by molar-refractivity contribution is 5.58. The fourth-order valence-electron chi connectivity index (χ4n) is 1.38. The van der Waals surface area contributed by atoms with Crippen LogP contribution in [0.1, 0.15) is 5.56 Å². The minimum atomic E-state index is 0.112. The molecular formula is C10H12N6. The van der Waals surface area contributed by atoms with Crippen LogP contribution in [0.5, 0.6) is 0 Å². The fourth-order valence-corrected chi connectivity index (χ4v) is 1.38. The second kappa shape index (κ2) is 4.11. The van der Waals surface area contributed by atoms with Gasteiger partial charge in [0, 0.05) is 12.1 Å². The molecule has 1 aromatic heterocycles. The molecule has 2 aromatic rings. The number of hydrogen-bond donors (Lipinski definition) is 3. The van der Waals surface area contributed by atoms with Crippen LogP contribution in [-0.2, 0) is 6.54 Å². The number of nitrogens with two attached hydrogens (primary N) is 3. The molecule has 6 N–H and O–H groups in total. The van der Waals surface area contributed by atoms with Crippen molar-refractivity contribution in [1.29, 1.82) is 0 Å². The number of rotatable bonds is 2. The largest absolute Gasteiger partial charge is 0.368 e. The van der Waals surface area contributed by atoms with Gasteiger partial charge < -0.3 is 17.2 Å². The van der Waals surface area contributed by atoms with Crippen molar-refractivity contribution in [1.82, 2.24) is 15.0 Å². The third-order valence-electron chi connectivity index (χ3n) is 2.09. The van der Waals surface area contributed by atoms with Gasteiger partial charge in [-0.2, -0.15) is 15.0 Å². The lowest BCUT2D eigenvalue weighted by molar-refractivity contribution is 1.06. The molecule has 0 bridgehead atoms. The van der Waals surface area contributed by atoms with E-state index in [9.17, 15) is 0 Å². The average molecular weight is 216 g/mol. The van der Waals surface area contributed by atoms with E-state index in [1.54, 1.807) is 0 Å². The first-order valence-electron chi connectivity index (χ1n) is 4.75. The zero-order chi connectivity index (χ0) is 11.5. The van der Waals surface area contributed by atoms with E-state index in [4.69, 9.17) is 17.2 Å². The van der Waals surface area contributed by atoms with Gasteiger partial charge in [0.25, 0.3) is 0 Å². The van der Waals surface area contributed by atoms with Crippen LogP contribution in [0.2, 0.25) is 0 Å². The second-order valence-electron chi connectivity index (χ2n) is 3.28. The molecule has 6 heteroatoms. The zero-order valence-corrected chi connectivity index (χ0v) is 8.59. The Kier molecular flexibility index (Phi) is 2.65. The number of benzene rings is 1. The molecule has 0 aliphatic heterocycles. The van der Waals surface area contributed by atoms with Crippen LogP contribution in [0.25, 0.3) is 11.4 Å². The summed E-state index contributed by atoms with van der Waals surface area (Å²) in [5.41, 5.74) is 18.4. The summed E-state index contributed by atoms with van der Waals surface area (Å²) in [4.78, 5) is 11.7. The summed E-state index contributed by atoms with van der Waals surface area (Å²) >= 11 is 0. The fraction of sp³-hybridized carbons (Fsp3) is 0.100. The SMILES string of the molecule is NCc1cccc(-c2nc(N)nc(N)n2)c1. The van der Waals surface area contributed by atoms with Gasteiger partial charge >= 0.3 is 0 Å². The third-order valence-corrected chi connectivity index (χ3v) is 2.09. The van der Waals surface area contributed by atoms with Gasteiger partial charge in [-0.05, 0) is 11.6 Å². The Balaban J connectivity index is 2.49. The monoisotopic (exact) mass is 216 g/mol. The van der Waals surface area contributed by atoms with Crippen molar-refractivity contribution in [2.24, 2.45) is 5.73 Å². The van der Waals surface area contributed by atoms with Crippen molar-refractivity contribution >= 4 is 11.9 Å². The molecule has 0 saturated carbocycles. The third kappa shape index (κ3) is 2.06. The Labute approximate surface area is 92.5 Å². The van der Waals surface area contributed by atoms with Crippen molar-refractivity contribution in [2.45, 2.75) is 6.54 Å². The Morgan fingerprint density at radius 1 is 1.00 bits per heavy atom. The van der Waals surface area contributed by atoms with Gasteiger partial charge in [0.2, 0.25) is 11.9 Å². The molecule has 2 rings (SSSR count). The summed E-state index contributed by atoms with van der Waals surface area (Å²) in [6.45, 7) is 0.462. The van der Waals surface area contributed by atoms with Gasteiger partial charge in [-0.25, -0.2) is 0 Å². The van der Waals surface area contributed by atoms with Crippen LogP contribution in [0.15, 0.2) is 24.3 Å². The van der Waals surface area contributed by atoms with Gasteiger partial charge in [-0.1, -0.05) is 18.2 Å². The maximum Gasteiger partial charge on any atom is 0.225 e. The highest BCUT2D eigenvalue weighted by atomic mass is 15.1. The number of nitrogens with zero attached hydrogens (tertiary/aromatic N) is 3. The average Bonchev–Trinajstić information content (AvgIpc) is 2.28. The molecule has 0 atom stereocenters. The number of anilines is 2. The van der Waals surface area contributed by atoms with Crippen molar-refractivity contribution in [3.63, 3.8) is 0 Å². The molecule has 0 amide bonds. The summed E-state index contributed by atoms with van der Waals surface area (Å²) in [6, 6.07) is 7.58. The van der Waals surface area contributed by atoms with Crippen LogP contribution in [0, 0.1) is 0 Å². The summed E-state index contributed by atoms with van der Waals surface area (Å²) in [6.07, 6.45) is 0. The van der Waals surface area contributed by atoms with Crippen LogP contribution in [0.3, 0.4) is 0 Å². The predicted molar refractivity (Wildman–Crippen MR) is 62.0 cm³/mol. The van der Waals surface area contributed by atoms with E-state index in [1.165, 1.54) is 0 Å². The van der Waals surface area contributed by atoms with E-state index in [0.717, 1.165) is 11.1 Å². The topological polar surface area (TPSA) is 117 Å². The van der Waals surface area contributed by atoms with E-state index >= 15 is 0 Å². The molecule has 0 fully saturated rings. The minimum absolute atomic E-state index is 0.112.